The lowest BCUT2D eigenvalue weighted by Crippen LogP contribution is -2.43. The van der Waals surface area contributed by atoms with Gasteiger partial charge in [-0.05, 0) is 42.0 Å². The molecule has 8 heteroatoms. The number of carbonyl (C=O) groups excluding carboxylic acids is 2. The average molecular weight is 493 g/mol. The summed E-state index contributed by atoms with van der Waals surface area (Å²) in [7, 11) is 0. The molecular weight excluding hydrogens is 464 g/mol. The normalized spacial score (nSPS) is 14.4. The van der Waals surface area contributed by atoms with Gasteiger partial charge in [0.1, 0.15) is 5.82 Å². The highest BCUT2D eigenvalue weighted by molar-refractivity contribution is 6.30. The van der Waals surface area contributed by atoms with Crippen LogP contribution in [0.4, 0.5) is 11.5 Å². The van der Waals surface area contributed by atoms with E-state index in [0.717, 1.165) is 38.4 Å². The molecule has 0 atom stereocenters. The van der Waals surface area contributed by atoms with E-state index in [4.69, 9.17) is 16.3 Å². The number of ether oxygens (including phenoxy) is 1. The summed E-state index contributed by atoms with van der Waals surface area (Å²) in [6, 6.07) is 17.8. The van der Waals surface area contributed by atoms with E-state index >= 15 is 0 Å². The second-order valence-electron chi connectivity index (χ2n) is 9.17. The molecule has 1 fully saturated rings. The average Bonchev–Trinajstić information content (AvgIpc) is 2.86. The van der Waals surface area contributed by atoms with Crippen molar-refractivity contribution >= 4 is 34.9 Å². The van der Waals surface area contributed by atoms with Crippen molar-refractivity contribution in [2.24, 2.45) is 0 Å². The standard InChI is InChI=1S/C27H29ClN4O3/c1-27(2,18-32-13-15-35-16-14-32)20-9-7-19(8-10-20)25(33)30-23-6-4-3-5-22(23)26(34)31-24-12-11-21(28)17-29-24/h3-12,17H,13-16,18H2,1-2H3,(H,30,33)(H,29,31,34). The minimum absolute atomic E-state index is 0.0628. The van der Waals surface area contributed by atoms with E-state index < -0.39 is 0 Å². The van der Waals surface area contributed by atoms with Gasteiger partial charge in [0.05, 0.1) is 29.5 Å². The number of hydrogen-bond donors (Lipinski definition) is 2. The third kappa shape index (κ3) is 6.45. The number of para-hydroxylation sites is 1. The molecule has 0 aliphatic carbocycles. The van der Waals surface area contributed by atoms with Crippen LogP contribution in [0.15, 0.2) is 66.9 Å². The highest BCUT2D eigenvalue weighted by Gasteiger charge is 2.25. The van der Waals surface area contributed by atoms with Crippen LogP contribution in [0.2, 0.25) is 5.02 Å². The van der Waals surface area contributed by atoms with Gasteiger partial charge in [0, 0.05) is 36.8 Å². The second-order valence-corrected chi connectivity index (χ2v) is 9.60. The number of pyridine rings is 1. The zero-order valence-electron chi connectivity index (χ0n) is 19.9. The van der Waals surface area contributed by atoms with Crippen molar-refractivity contribution in [3.8, 4) is 0 Å². The molecule has 0 spiro atoms. The van der Waals surface area contributed by atoms with Crippen LogP contribution in [0.1, 0.15) is 40.1 Å². The summed E-state index contributed by atoms with van der Waals surface area (Å²) >= 11 is 5.85. The van der Waals surface area contributed by atoms with Gasteiger partial charge < -0.3 is 15.4 Å². The first kappa shape index (κ1) is 24.9. The molecule has 4 rings (SSSR count). The van der Waals surface area contributed by atoms with E-state index in [-0.39, 0.29) is 17.2 Å². The zero-order valence-corrected chi connectivity index (χ0v) is 20.6. The fourth-order valence-electron chi connectivity index (χ4n) is 4.10. The molecule has 0 saturated carbocycles. The molecule has 0 radical (unpaired) electrons. The van der Waals surface area contributed by atoms with Crippen LogP contribution >= 0.6 is 11.6 Å². The molecule has 0 unspecified atom stereocenters. The van der Waals surface area contributed by atoms with E-state index in [1.54, 1.807) is 36.4 Å². The number of rotatable bonds is 7. The molecule has 1 aliphatic rings. The molecule has 1 saturated heterocycles. The van der Waals surface area contributed by atoms with Gasteiger partial charge in [-0.3, -0.25) is 14.5 Å². The molecule has 35 heavy (non-hydrogen) atoms. The number of nitrogens with zero attached hydrogens (tertiary/aromatic N) is 2. The molecular formula is C27H29ClN4O3. The Bertz CT molecular complexity index is 1170. The molecule has 2 N–H and O–H groups in total. The topological polar surface area (TPSA) is 83.6 Å². The maximum absolute atomic E-state index is 13.0. The first-order chi connectivity index (χ1) is 16.8. The highest BCUT2D eigenvalue weighted by atomic mass is 35.5. The molecule has 1 aliphatic heterocycles. The summed E-state index contributed by atoms with van der Waals surface area (Å²) in [5.74, 6) is -0.292. The number of nitrogens with one attached hydrogen (secondary N) is 2. The van der Waals surface area contributed by atoms with Gasteiger partial charge in [0.25, 0.3) is 11.8 Å². The lowest BCUT2D eigenvalue weighted by molar-refractivity contribution is 0.0295. The van der Waals surface area contributed by atoms with E-state index in [2.05, 4.69) is 34.4 Å². The number of anilines is 2. The Morgan fingerprint density at radius 2 is 1.69 bits per heavy atom. The van der Waals surface area contributed by atoms with Crippen molar-refractivity contribution in [1.82, 2.24) is 9.88 Å². The van der Waals surface area contributed by atoms with Crippen LogP contribution in [0.5, 0.6) is 0 Å². The number of aromatic nitrogens is 1. The van der Waals surface area contributed by atoms with Crippen LogP contribution < -0.4 is 10.6 Å². The number of halogens is 1. The first-order valence-corrected chi connectivity index (χ1v) is 11.9. The summed E-state index contributed by atoms with van der Waals surface area (Å²) in [5.41, 5.74) is 2.37. The van der Waals surface area contributed by atoms with E-state index in [9.17, 15) is 9.59 Å². The van der Waals surface area contributed by atoms with Crippen LogP contribution in [0.25, 0.3) is 0 Å². The molecule has 0 bridgehead atoms. The largest absolute Gasteiger partial charge is 0.379 e. The van der Waals surface area contributed by atoms with Crippen LogP contribution in [0.3, 0.4) is 0 Å². The maximum Gasteiger partial charge on any atom is 0.258 e. The van der Waals surface area contributed by atoms with Gasteiger partial charge in [-0.25, -0.2) is 4.98 Å². The SMILES string of the molecule is CC(C)(CN1CCOCC1)c1ccc(C(=O)Nc2ccccc2C(=O)Nc2ccc(Cl)cn2)cc1. The second kappa shape index (κ2) is 11.0. The minimum Gasteiger partial charge on any atom is -0.379 e. The summed E-state index contributed by atoms with van der Waals surface area (Å²) in [5, 5.41) is 6.07. The molecule has 3 aromatic rings. The Labute approximate surface area is 210 Å². The molecule has 1 aromatic heterocycles. The molecule has 2 amide bonds. The Hall–Kier alpha value is -3.26. The van der Waals surface area contributed by atoms with E-state index in [1.165, 1.54) is 6.20 Å². The van der Waals surface area contributed by atoms with Crippen LogP contribution in [-0.4, -0.2) is 54.5 Å². The fourth-order valence-corrected chi connectivity index (χ4v) is 4.21. The van der Waals surface area contributed by atoms with E-state index in [1.807, 2.05) is 24.3 Å². The fraction of sp³-hybridized carbons (Fsp3) is 0.296. The smallest absolute Gasteiger partial charge is 0.258 e. The lowest BCUT2D eigenvalue weighted by Gasteiger charge is -2.35. The van der Waals surface area contributed by atoms with Gasteiger partial charge in [0.15, 0.2) is 0 Å². The predicted octanol–water partition coefficient (Wildman–Crippen LogP) is 4.85. The van der Waals surface area contributed by atoms with Gasteiger partial charge in [-0.1, -0.05) is 49.7 Å². The minimum atomic E-state index is -0.379. The van der Waals surface area contributed by atoms with Crippen molar-refractivity contribution < 1.29 is 14.3 Å². The first-order valence-electron chi connectivity index (χ1n) is 11.6. The van der Waals surface area contributed by atoms with Crippen molar-refractivity contribution in [1.29, 1.82) is 0 Å². The Balaban J connectivity index is 1.43. The summed E-state index contributed by atoms with van der Waals surface area (Å²) < 4.78 is 5.45. The molecule has 7 nitrogen and oxygen atoms in total. The van der Waals surface area contributed by atoms with Crippen molar-refractivity contribution in [2.75, 3.05) is 43.5 Å². The van der Waals surface area contributed by atoms with Gasteiger partial charge in [-0.2, -0.15) is 0 Å². The third-order valence-electron chi connectivity index (χ3n) is 6.04. The van der Waals surface area contributed by atoms with Crippen molar-refractivity contribution in [3.63, 3.8) is 0 Å². The quantitative estimate of drug-likeness (QED) is 0.492. The predicted molar refractivity (Wildman–Crippen MR) is 138 cm³/mol. The van der Waals surface area contributed by atoms with Gasteiger partial charge >= 0.3 is 0 Å². The Morgan fingerprint density at radius 1 is 0.971 bits per heavy atom. The number of amides is 2. The van der Waals surface area contributed by atoms with Crippen LogP contribution in [-0.2, 0) is 10.2 Å². The number of hydrogen-bond acceptors (Lipinski definition) is 5. The zero-order chi connectivity index (χ0) is 24.8. The molecule has 2 heterocycles. The summed E-state index contributed by atoms with van der Waals surface area (Å²) in [6.07, 6.45) is 1.46. The molecule has 182 valence electrons. The monoisotopic (exact) mass is 492 g/mol. The third-order valence-corrected chi connectivity index (χ3v) is 6.26. The Morgan fingerprint density at radius 3 is 2.37 bits per heavy atom. The van der Waals surface area contributed by atoms with E-state index in [0.29, 0.717) is 27.7 Å². The summed E-state index contributed by atoms with van der Waals surface area (Å²) in [4.78, 5) is 32.3. The highest BCUT2D eigenvalue weighted by Crippen LogP contribution is 2.26. The van der Waals surface area contributed by atoms with Crippen LogP contribution in [0, 0.1) is 0 Å². The van der Waals surface area contributed by atoms with Gasteiger partial charge in [0.2, 0.25) is 0 Å². The number of benzene rings is 2. The maximum atomic E-state index is 13.0. The number of carbonyl (C=O) groups is 2. The molecule has 2 aromatic carbocycles. The lowest BCUT2D eigenvalue weighted by atomic mass is 9.83. The summed E-state index contributed by atoms with van der Waals surface area (Å²) in [6.45, 7) is 8.75. The number of morpholine rings is 1. The van der Waals surface area contributed by atoms with Crippen molar-refractivity contribution in [2.45, 2.75) is 19.3 Å². The Kier molecular flexibility index (Phi) is 7.80. The van der Waals surface area contributed by atoms with Gasteiger partial charge in [-0.15, -0.1) is 0 Å². The van der Waals surface area contributed by atoms with Crippen molar-refractivity contribution in [3.05, 3.63) is 88.6 Å².